The van der Waals surface area contributed by atoms with E-state index in [1.165, 1.54) is 25.3 Å². The van der Waals surface area contributed by atoms with Crippen molar-refractivity contribution < 1.29 is 47.6 Å². The van der Waals surface area contributed by atoms with Gasteiger partial charge >= 0.3 is 24.2 Å². The summed E-state index contributed by atoms with van der Waals surface area (Å²) in [4.78, 5) is 48.1. The molecular weight excluding hydrogens is 450 g/mol. The molecule has 0 heterocycles. The van der Waals surface area contributed by atoms with Gasteiger partial charge in [-0.1, -0.05) is 19.9 Å². The number of esters is 2. The number of hydrogen-bond acceptors (Lipinski definition) is 11. The number of benzene rings is 1. The lowest BCUT2D eigenvalue weighted by Gasteiger charge is -2.29. The maximum absolute atomic E-state index is 12.5. The molecule has 0 aromatic heterocycles. The van der Waals surface area contributed by atoms with E-state index in [9.17, 15) is 19.2 Å². The molecule has 0 saturated heterocycles. The summed E-state index contributed by atoms with van der Waals surface area (Å²) in [6.45, 7) is 8.35. The first-order valence-electron chi connectivity index (χ1n) is 10.9. The minimum absolute atomic E-state index is 0.0344. The largest absolute Gasteiger partial charge is 0.513 e. The summed E-state index contributed by atoms with van der Waals surface area (Å²) in [5, 5.41) is 0. The molecule has 11 heteroatoms. The minimum Gasteiger partial charge on any atom is -0.468 e. The number of ether oxygens (including phenoxy) is 6. The molecule has 1 unspecified atom stereocenters. The average Bonchev–Trinajstić information content (AvgIpc) is 2.74. The molecule has 190 valence electrons. The third-order valence-corrected chi connectivity index (χ3v) is 4.47. The molecule has 1 aromatic carbocycles. The Bertz CT molecular complexity index is 869. The van der Waals surface area contributed by atoms with Crippen molar-refractivity contribution >= 4 is 24.2 Å². The summed E-state index contributed by atoms with van der Waals surface area (Å²) in [5.41, 5.74) is 5.27. The normalized spacial score (nSPS) is 13.3. The van der Waals surface area contributed by atoms with Crippen LogP contribution in [-0.2, 0) is 35.0 Å². The van der Waals surface area contributed by atoms with Gasteiger partial charge in [-0.05, 0) is 38.5 Å². The van der Waals surface area contributed by atoms with Gasteiger partial charge in [0.1, 0.15) is 11.6 Å². The Labute approximate surface area is 198 Å². The van der Waals surface area contributed by atoms with Gasteiger partial charge in [-0.3, -0.25) is 9.59 Å². The lowest BCUT2D eigenvalue weighted by molar-refractivity contribution is -0.157. The zero-order valence-corrected chi connectivity index (χ0v) is 20.4. The molecule has 1 aromatic rings. The highest BCUT2D eigenvalue weighted by atomic mass is 16.7. The van der Waals surface area contributed by atoms with Gasteiger partial charge in [0.25, 0.3) is 0 Å². The summed E-state index contributed by atoms with van der Waals surface area (Å²) in [5.74, 6) is -1.74. The molecular formula is C23H33NO10. The van der Waals surface area contributed by atoms with Gasteiger partial charge in [-0.2, -0.15) is 0 Å². The second kappa shape index (κ2) is 13.4. The number of hydrogen-bond donors (Lipinski definition) is 1. The smallest absolute Gasteiger partial charge is 0.468 e. The molecule has 34 heavy (non-hydrogen) atoms. The number of nitrogens with two attached hydrogens (primary N) is 1. The molecule has 0 amide bonds. The van der Waals surface area contributed by atoms with Gasteiger partial charge in [0.2, 0.25) is 0 Å². The molecule has 0 bridgehead atoms. The van der Waals surface area contributed by atoms with Crippen LogP contribution in [0.4, 0.5) is 9.59 Å². The lowest BCUT2D eigenvalue weighted by Crippen LogP contribution is -2.53. The Hall–Kier alpha value is -3.34. The third kappa shape index (κ3) is 8.89. The monoisotopic (exact) mass is 483 g/mol. The van der Waals surface area contributed by atoms with Gasteiger partial charge in [-0.25, -0.2) is 9.59 Å². The molecule has 2 N–H and O–H groups in total. The second-order valence-corrected chi connectivity index (χ2v) is 7.78. The highest BCUT2D eigenvalue weighted by Crippen LogP contribution is 2.31. The quantitative estimate of drug-likeness (QED) is 0.281. The Morgan fingerprint density at radius 2 is 1.50 bits per heavy atom. The first-order valence-corrected chi connectivity index (χ1v) is 10.9. The van der Waals surface area contributed by atoms with Crippen LogP contribution in [0, 0.1) is 5.92 Å². The van der Waals surface area contributed by atoms with Gasteiger partial charge in [-0.15, -0.1) is 0 Å². The molecule has 1 rings (SSSR count). The highest BCUT2D eigenvalue weighted by molar-refractivity contribution is 5.81. The van der Waals surface area contributed by atoms with E-state index >= 15 is 0 Å². The van der Waals surface area contributed by atoms with Crippen molar-refractivity contribution in [2.24, 2.45) is 11.7 Å². The molecule has 0 fully saturated rings. The number of rotatable bonds is 11. The standard InChI is InChI=1S/C23H33NO10/c1-7-30-21(27)33-17-10-9-16(11-18(17)34-22(28)31-8-2)13-23(24,20(26)29-6)12-15(5)32-19(25)14(3)4/h9-11,14-15H,7-8,12-13,24H2,1-6H3/t15-,23?/m0/s1. The maximum Gasteiger partial charge on any atom is 0.513 e. The predicted molar refractivity (Wildman–Crippen MR) is 119 cm³/mol. The number of carbonyl (C=O) groups excluding carboxylic acids is 4. The van der Waals surface area contributed by atoms with Crippen molar-refractivity contribution in [2.75, 3.05) is 20.3 Å². The minimum atomic E-state index is -1.57. The molecule has 0 spiro atoms. The molecule has 11 nitrogen and oxygen atoms in total. The van der Waals surface area contributed by atoms with Crippen LogP contribution in [-0.4, -0.2) is 56.2 Å². The fraction of sp³-hybridized carbons (Fsp3) is 0.565. The van der Waals surface area contributed by atoms with Gasteiger partial charge < -0.3 is 34.2 Å². The van der Waals surface area contributed by atoms with E-state index in [2.05, 4.69) is 0 Å². The van der Waals surface area contributed by atoms with E-state index in [4.69, 9.17) is 34.2 Å². The van der Waals surface area contributed by atoms with Crippen LogP contribution in [0.2, 0.25) is 0 Å². The second-order valence-electron chi connectivity index (χ2n) is 7.78. The number of methoxy groups -OCH3 is 1. The van der Waals surface area contributed by atoms with Crippen LogP contribution in [0.1, 0.15) is 46.6 Å². The van der Waals surface area contributed by atoms with E-state index in [-0.39, 0.29) is 43.5 Å². The van der Waals surface area contributed by atoms with Crippen molar-refractivity contribution in [3.63, 3.8) is 0 Å². The summed E-state index contributed by atoms with van der Waals surface area (Å²) >= 11 is 0. The van der Waals surface area contributed by atoms with Gasteiger partial charge in [0.15, 0.2) is 11.5 Å². The van der Waals surface area contributed by atoms with Crippen molar-refractivity contribution in [1.82, 2.24) is 0 Å². The Morgan fingerprint density at radius 1 is 0.941 bits per heavy atom. The van der Waals surface area contributed by atoms with E-state index < -0.39 is 35.9 Å². The third-order valence-electron chi connectivity index (χ3n) is 4.47. The molecule has 0 radical (unpaired) electrons. The first kappa shape index (κ1) is 28.7. The van der Waals surface area contributed by atoms with Crippen molar-refractivity contribution in [1.29, 1.82) is 0 Å². The zero-order valence-electron chi connectivity index (χ0n) is 20.4. The van der Waals surface area contributed by atoms with Crippen LogP contribution in [0.3, 0.4) is 0 Å². The maximum atomic E-state index is 12.5. The topological polar surface area (TPSA) is 150 Å². The summed E-state index contributed by atoms with van der Waals surface area (Å²) in [6, 6.07) is 4.27. The predicted octanol–water partition coefficient (Wildman–Crippen LogP) is 3.15. The number of carbonyl (C=O) groups is 4. The van der Waals surface area contributed by atoms with Crippen molar-refractivity contribution in [3.05, 3.63) is 23.8 Å². The van der Waals surface area contributed by atoms with Crippen LogP contribution < -0.4 is 15.2 Å². The summed E-state index contributed by atoms with van der Waals surface area (Å²) in [6.07, 6.45) is -2.79. The van der Waals surface area contributed by atoms with Crippen LogP contribution in [0.5, 0.6) is 11.5 Å². The molecule has 0 saturated carbocycles. The van der Waals surface area contributed by atoms with Crippen molar-refractivity contribution in [2.45, 2.75) is 59.1 Å². The summed E-state index contributed by atoms with van der Waals surface area (Å²) in [7, 11) is 1.19. The van der Waals surface area contributed by atoms with Crippen molar-refractivity contribution in [3.8, 4) is 11.5 Å². The summed E-state index contributed by atoms with van der Waals surface area (Å²) < 4.78 is 30.0. The van der Waals surface area contributed by atoms with Crippen LogP contribution >= 0.6 is 0 Å². The average molecular weight is 484 g/mol. The van der Waals surface area contributed by atoms with E-state index in [1.807, 2.05) is 0 Å². The fourth-order valence-electron chi connectivity index (χ4n) is 2.98. The zero-order chi connectivity index (χ0) is 25.9. The first-order chi connectivity index (χ1) is 15.9. The van der Waals surface area contributed by atoms with Crippen LogP contribution in [0.25, 0.3) is 0 Å². The Morgan fingerprint density at radius 3 is 2.00 bits per heavy atom. The fourth-order valence-corrected chi connectivity index (χ4v) is 2.98. The molecule has 2 atom stereocenters. The van der Waals surface area contributed by atoms with Gasteiger partial charge in [0.05, 0.1) is 26.2 Å². The molecule has 0 aliphatic carbocycles. The van der Waals surface area contributed by atoms with E-state index in [0.29, 0.717) is 5.56 Å². The Balaban J connectivity index is 3.22. The molecule has 0 aliphatic heterocycles. The van der Waals surface area contributed by atoms with Crippen LogP contribution in [0.15, 0.2) is 18.2 Å². The Kier molecular flexibility index (Phi) is 11.3. The van der Waals surface area contributed by atoms with E-state index in [1.54, 1.807) is 34.6 Å². The lowest BCUT2D eigenvalue weighted by atomic mass is 9.86. The van der Waals surface area contributed by atoms with Gasteiger partial charge in [0, 0.05) is 12.8 Å². The SMILES string of the molecule is CCOC(=O)Oc1ccc(CC(N)(C[C@H](C)OC(=O)C(C)C)C(=O)OC)cc1OC(=O)OCC. The highest BCUT2D eigenvalue weighted by Gasteiger charge is 2.38. The molecule has 0 aliphatic rings. The van der Waals surface area contributed by atoms with E-state index in [0.717, 1.165) is 0 Å².